The first-order chi connectivity index (χ1) is 12.8. The Labute approximate surface area is 168 Å². The highest BCUT2D eigenvalue weighted by atomic mass is 35.5. The van der Waals surface area contributed by atoms with Crippen molar-refractivity contribution >= 4 is 40.8 Å². The number of rotatable bonds is 8. The van der Waals surface area contributed by atoms with Crippen LogP contribution in [-0.4, -0.2) is 24.6 Å². The third-order valence-corrected chi connectivity index (χ3v) is 4.39. The molecule has 0 radical (unpaired) electrons. The van der Waals surface area contributed by atoms with Crippen LogP contribution in [0, 0.1) is 6.92 Å². The molecule has 2 rings (SSSR count). The summed E-state index contributed by atoms with van der Waals surface area (Å²) < 4.78 is 10.7. The van der Waals surface area contributed by atoms with Gasteiger partial charge in [-0.05, 0) is 68.3 Å². The van der Waals surface area contributed by atoms with Crippen molar-refractivity contribution in [1.82, 2.24) is 0 Å². The first-order valence-electron chi connectivity index (χ1n) is 8.50. The number of hydrogen-bond donors (Lipinski definition) is 1. The quantitative estimate of drug-likeness (QED) is 0.490. The lowest BCUT2D eigenvalue weighted by molar-refractivity contribution is -0.153. The van der Waals surface area contributed by atoms with Crippen LogP contribution in [0.5, 0.6) is 5.75 Å². The Balaban J connectivity index is 1.68. The number of halogens is 2. The summed E-state index contributed by atoms with van der Waals surface area (Å²) >= 11 is 11.8. The van der Waals surface area contributed by atoms with Crippen molar-refractivity contribution in [1.29, 1.82) is 0 Å². The lowest BCUT2D eigenvalue weighted by atomic mass is 10.2. The molecule has 2 aromatic rings. The minimum Gasteiger partial charge on any atom is -0.494 e. The van der Waals surface area contributed by atoms with E-state index in [0.29, 0.717) is 34.5 Å². The molecule has 144 valence electrons. The summed E-state index contributed by atoms with van der Waals surface area (Å²) in [5, 5.41) is 3.91. The van der Waals surface area contributed by atoms with Crippen LogP contribution in [0.25, 0.3) is 0 Å². The maximum Gasteiger partial charge on any atom is 0.306 e. The summed E-state index contributed by atoms with van der Waals surface area (Å²) in [5.41, 5.74) is 1.51. The molecule has 0 aliphatic carbocycles. The molecule has 0 bridgehead atoms. The molecular weight excluding hydrogens is 389 g/mol. The lowest BCUT2D eigenvalue weighted by Crippen LogP contribution is -2.30. The fraction of sp³-hybridized carbons (Fsp3) is 0.300. The largest absolute Gasteiger partial charge is 0.494 e. The number of aryl methyl sites for hydroxylation is 1. The van der Waals surface area contributed by atoms with Crippen molar-refractivity contribution in [3.63, 3.8) is 0 Å². The summed E-state index contributed by atoms with van der Waals surface area (Å²) in [7, 11) is 0. The Morgan fingerprint density at radius 1 is 1.11 bits per heavy atom. The van der Waals surface area contributed by atoms with Crippen molar-refractivity contribution < 1.29 is 19.1 Å². The monoisotopic (exact) mass is 409 g/mol. The average molecular weight is 410 g/mol. The lowest BCUT2D eigenvalue weighted by Gasteiger charge is -2.14. The Morgan fingerprint density at radius 2 is 1.81 bits per heavy atom. The fourth-order valence-electron chi connectivity index (χ4n) is 2.20. The van der Waals surface area contributed by atoms with Gasteiger partial charge in [-0.25, -0.2) is 0 Å². The van der Waals surface area contributed by atoms with Gasteiger partial charge < -0.3 is 14.8 Å². The van der Waals surface area contributed by atoms with Gasteiger partial charge in [-0.2, -0.15) is 0 Å². The number of nitrogens with one attached hydrogen (secondary N) is 1. The van der Waals surface area contributed by atoms with E-state index in [9.17, 15) is 9.59 Å². The zero-order chi connectivity index (χ0) is 19.8. The van der Waals surface area contributed by atoms with E-state index in [1.807, 2.05) is 13.0 Å². The van der Waals surface area contributed by atoms with E-state index in [2.05, 4.69) is 5.32 Å². The number of benzene rings is 2. The fourth-order valence-corrected chi connectivity index (χ4v) is 2.44. The van der Waals surface area contributed by atoms with Gasteiger partial charge in [0.25, 0.3) is 5.91 Å². The van der Waals surface area contributed by atoms with Gasteiger partial charge in [-0.1, -0.05) is 23.2 Å². The Hall–Kier alpha value is -2.24. The molecule has 0 aliphatic heterocycles. The number of amides is 1. The summed E-state index contributed by atoms with van der Waals surface area (Å²) in [5.74, 6) is -0.163. The predicted octanol–water partition coefficient (Wildman–Crippen LogP) is 5.03. The van der Waals surface area contributed by atoms with Gasteiger partial charge in [-0.15, -0.1) is 0 Å². The van der Waals surface area contributed by atoms with Crippen molar-refractivity contribution in [2.24, 2.45) is 0 Å². The molecule has 0 heterocycles. The average Bonchev–Trinajstić information content (AvgIpc) is 2.63. The second-order valence-electron chi connectivity index (χ2n) is 5.99. The smallest absolute Gasteiger partial charge is 0.306 e. The zero-order valence-electron chi connectivity index (χ0n) is 15.1. The highest BCUT2D eigenvalue weighted by molar-refractivity contribution is 6.31. The van der Waals surface area contributed by atoms with Crippen molar-refractivity contribution in [3.8, 4) is 5.75 Å². The first-order valence-corrected chi connectivity index (χ1v) is 9.25. The van der Waals surface area contributed by atoms with Crippen LogP contribution in [0.3, 0.4) is 0 Å². The second-order valence-corrected chi connectivity index (χ2v) is 6.83. The maximum atomic E-state index is 12.1. The standard InChI is InChI=1S/C20H21Cl2NO4/c1-13-12-17(9-10-18(13)22)26-11-3-4-19(24)27-14(2)20(25)23-16-7-5-15(21)6-8-16/h5-10,12,14H,3-4,11H2,1-2H3,(H,23,25)/t14-/m1/s1. The highest BCUT2D eigenvalue weighted by Gasteiger charge is 2.17. The molecule has 0 saturated heterocycles. The highest BCUT2D eigenvalue weighted by Crippen LogP contribution is 2.21. The Bertz CT molecular complexity index is 793. The van der Waals surface area contributed by atoms with Crippen LogP contribution in [0.1, 0.15) is 25.3 Å². The topological polar surface area (TPSA) is 64.6 Å². The summed E-state index contributed by atoms with van der Waals surface area (Å²) in [6.07, 6.45) is -0.259. The summed E-state index contributed by atoms with van der Waals surface area (Å²) in [6.45, 7) is 3.78. The number of hydrogen-bond acceptors (Lipinski definition) is 4. The predicted molar refractivity (Wildman–Crippen MR) is 107 cm³/mol. The van der Waals surface area contributed by atoms with Gasteiger partial charge in [0, 0.05) is 22.2 Å². The first kappa shape index (κ1) is 21.1. The molecule has 27 heavy (non-hydrogen) atoms. The maximum absolute atomic E-state index is 12.1. The molecule has 0 unspecified atom stereocenters. The van der Waals surface area contributed by atoms with Gasteiger partial charge in [0.1, 0.15) is 5.75 Å². The minimum absolute atomic E-state index is 0.158. The molecule has 1 N–H and O–H groups in total. The van der Waals surface area contributed by atoms with E-state index in [-0.39, 0.29) is 6.42 Å². The van der Waals surface area contributed by atoms with Crippen molar-refractivity contribution in [3.05, 3.63) is 58.1 Å². The van der Waals surface area contributed by atoms with Crippen molar-refractivity contribution in [2.75, 3.05) is 11.9 Å². The van der Waals surface area contributed by atoms with Crippen LogP contribution in [-0.2, 0) is 14.3 Å². The number of carbonyl (C=O) groups is 2. The molecule has 0 aliphatic rings. The van der Waals surface area contributed by atoms with E-state index < -0.39 is 18.0 Å². The van der Waals surface area contributed by atoms with Crippen LogP contribution in [0.4, 0.5) is 5.69 Å². The van der Waals surface area contributed by atoms with E-state index in [1.54, 1.807) is 36.4 Å². The van der Waals surface area contributed by atoms with Crippen molar-refractivity contribution in [2.45, 2.75) is 32.8 Å². The Kier molecular flexibility index (Phi) is 7.95. The SMILES string of the molecule is Cc1cc(OCCCC(=O)O[C@H](C)C(=O)Nc2ccc(Cl)cc2)ccc1Cl. The van der Waals surface area contributed by atoms with E-state index in [0.717, 1.165) is 5.56 Å². The van der Waals surface area contributed by atoms with Gasteiger partial charge >= 0.3 is 5.97 Å². The Morgan fingerprint density at radius 3 is 2.48 bits per heavy atom. The molecule has 0 spiro atoms. The number of carbonyl (C=O) groups excluding carboxylic acids is 2. The number of anilines is 1. The summed E-state index contributed by atoms with van der Waals surface area (Å²) in [4.78, 5) is 23.9. The molecule has 7 heteroatoms. The summed E-state index contributed by atoms with van der Waals surface area (Å²) in [6, 6.07) is 12.0. The molecule has 0 saturated carbocycles. The van der Waals surface area contributed by atoms with E-state index in [1.165, 1.54) is 6.92 Å². The van der Waals surface area contributed by atoms with Gasteiger partial charge in [0.2, 0.25) is 0 Å². The van der Waals surface area contributed by atoms with Crippen LogP contribution in [0.15, 0.2) is 42.5 Å². The van der Waals surface area contributed by atoms with Crippen LogP contribution in [0.2, 0.25) is 10.0 Å². The number of ether oxygens (including phenoxy) is 2. The molecule has 1 atom stereocenters. The molecule has 0 aromatic heterocycles. The molecule has 5 nitrogen and oxygen atoms in total. The molecule has 2 aromatic carbocycles. The van der Waals surface area contributed by atoms with Gasteiger partial charge in [0.15, 0.2) is 6.10 Å². The third-order valence-electron chi connectivity index (χ3n) is 3.71. The zero-order valence-corrected chi connectivity index (χ0v) is 16.6. The normalized spacial score (nSPS) is 11.6. The molecule has 1 amide bonds. The van der Waals surface area contributed by atoms with Gasteiger partial charge in [0.05, 0.1) is 6.61 Å². The second kappa shape index (κ2) is 10.2. The third kappa shape index (κ3) is 7.12. The van der Waals surface area contributed by atoms with Gasteiger partial charge in [-0.3, -0.25) is 9.59 Å². The van der Waals surface area contributed by atoms with Crippen LogP contribution < -0.4 is 10.1 Å². The molecule has 0 fully saturated rings. The minimum atomic E-state index is -0.895. The number of esters is 1. The van der Waals surface area contributed by atoms with Crippen LogP contribution >= 0.6 is 23.2 Å². The van der Waals surface area contributed by atoms with E-state index in [4.69, 9.17) is 32.7 Å². The molecular formula is C20H21Cl2NO4. The van der Waals surface area contributed by atoms with E-state index >= 15 is 0 Å².